The Hall–Kier alpha value is -1.11. The molecule has 7 heteroatoms. The Morgan fingerprint density at radius 3 is 2.65 bits per heavy atom. The predicted molar refractivity (Wildman–Crippen MR) is 75.5 cm³/mol. The lowest BCUT2D eigenvalue weighted by atomic mass is 10.0. The van der Waals surface area contributed by atoms with Gasteiger partial charge in [-0.1, -0.05) is 0 Å². The molecule has 1 aromatic carbocycles. The molecular weight excluding hydrogens is 302 g/mol. The first-order valence-corrected chi connectivity index (χ1v) is 8.47. The van der Waals surface area contributed by atoms with Crippen molar-refractivity contribution in [3.8, 4) is 0 Å². The molecule has 1 N–H and O–H groups in total. The number of aryl methyl sites for hydroxylation is 1. The highest BCUT2D eigenvalue weighted by atomic mass is 35.7. The van der Waals surface area contributed by atoms with Crippen LogP contribution in [0.4, 0.5) is 0 Å². The third-order valence-electron chi connectivity index (χ3n) is 3.23. The first-order chi connectivity index (χ1) is 9.20. The normalized spacial score (nSPS) is 22.8. The van der Waals surface area contributed by atoms with Crippen molar-refractivity contribution in [2.75, 3.05) is 13.2 Å². The number of amides is 1. The summed E-state index contributed by atoms with van der Waals surface area (Å²) in [5, 5.41) is 2.88. The quantitative estimate of drug-likeness (QED) is 0.863. The zero-order valence-electron chi connectivity index (χ0n) is 11.3. The third kappa shape index (κ3) is 3.50. The topological polar surface area (TPSA) is 72.5 Å². The van der Waals surface area contributed by atoms with Crippen LogP contribution in [0.15, 0.2) is 23.1 Å². The number of ether oxygens (including phenoxy) is 1. The molecule has 1 atom stereocenters. The molecule has 1 amide bonds. The molecule has 1 aliphatic rings. The van der Waals surface area contributed by atoms with Gasteiger partial charge >= 0.3 is 0 Å². The van der Waals surface area contributed by atoms with Gasteiger partial charge in [-0.2, -0.15) is 0 Å². The Bertz CT molecular complexity index is 636. The van der Waals surface area contributed by atoms with Crippen LogP contribution < -0.4 is 5.32 Å². The van der Waals surface area contributed by atoms with E-state index >= 15 is 0 Å². The Labute approximate surface area is 122 Å². The predicted octanol–water partition coefficient (Wildman–Crippen LogP) is 1.83. The van der Waals surface area contributed by atoms with Crippen molar-refractivity contribution in [2.24, 2.45) is 0 Å². The van der Waals surface area contributed by atoms with Gasteiger partial charge in [0.25, 0.3) is 15.0 Å². The molecule has 1 saturated heterocycles. The standard InChI is InChI=1S/C13H16ClNO4S/c1-9-5-10(7-11(6-9)20(14,17)18)12(16)15-13(2)3-4-19-8-13/h5-7H,3-4,8H2,1-2H3,(H,15,16). The van der Waals surface area contributed by atoms with E-state index < -0.39 is 14.6 Å². The van der Waals surface area contributed by atoms with Crippen LogP contribution >= 0.6 is 10.7 Å². The number of halogens is 1. The Morgan fingerprint density at radius 2 is 2.10 bits per heavy atom. The molecule has 5 nitrogen and oxygen atoms in total. The van der Waals surface area contributed by atoms with Gasteiger partial charge in [0.2, 0.25) is 0 Å². The van der Waals surface area contributed by atoms with Crippen LogP contribution in [0.5, 0.6) is 0 Å². The molecule has 0 spiro atoms. The lowest BCUT2D eigenvalue weighted by Crippen LogP contribution is -2.46. The maximum absolute atomic E-state index is 12.2. The van der Waals surface area contributed by atoms with E-state index in [9.17, 15) is 13.2 Å². The molecule has 0 bridgehead atoms. The van der Waals surface area contributed by atoms with Crippen molar-refractivity contribution in [2.45, 2.75) is 30.7 Å². The number of nitrogens with one attached hydrogen (secondary N) is 1. The molecule has 1 aromatic rings. The van der Waals surface area contributed by atoms with E-state index in [1.165, 1.54) is 12.1 Å². The second-order valence-electron chi connectivity index (χ2n) is 5.29. The molecular formula is C13H16ClNO4S. The van der Waals surface area contributed by atoms with E-state index in [2.05, 4.69) is 5.32 Å². The number of carbonyl (C=O) groups is 1. The van der Waals surface area contributed by atoms with Gasteiger partial charge in [-0.3, -0.25) is 4.79 Å². The summed E-state index contributed by atoms with van der Waals surface area (Å²) in [7, 11) is 1.47. The SMILES string of the molecule is Cc1cc(C(=O)NC2(C)CCOC2)cc(S(=O)(=O)Cl)c1. The van der Waals surface area contributed by atoms with E-state index in [1.807, 2.05) is 6.92 Å². The lowest BCUT2D eigenvalue weighted by molar-refractivity contribution is 0.0889. The van der Waals surface area contributed by atoms with Crippen molar-refractivity contribution in [3.63, 3.8) is 0 Å². The van der Waals surface area contributed by atoms with Crippen molar-refractivity contribution in [1.29, 1.82) is 0 Å². The van der Waals surface area contributed by atoms with Gasteiger partial charge in [0.15, 0.2) is 0 Å². The van der Waals surface area contributed by atoms with Gasteiger partial charge in [0.05, 0.1) is 17.0 Å². The van der Waals surface area contributed by atoms with Crippen LogP contribution in [0.25, 0.3) is 0 Å². The van der Waals surface area contributed by atoms with Gasteiger partial charge in [-0.05, 0) is 44.0 Å². The minimum Gasteiger partial charge on any atom is -0.379 e. The molecule has 1 aliphatic heterocycles. The number of rotatable bonds is 3. The maximum atomic E-state index is 12.2. The van der Waals surface area contributed by atoms with Gasteiger partial charge in [0.1, 0.15) is 0 Å². The fourth-order valence-corrected chi connectivity index (χ4v) is 2.99. The van der Waals surface area contributed by atoms with Crippen LogP contribution in [0.2, 0.25) is 0 Å². The van der Waals surface area contributed by atoms with E-state index in [-0.39, 0.29) is 16.4 Å². The van der Waals surface area contributed by atoms with Gasteiger partial charge in [-0.15, -0.1) is 0 Å². The Kier molecular flexibility index (Phi) is 4.09. The highest BCUT2D eigenvalue weighted by molar-refractivity contribution is 8.13. The molecule has 0 saturated carbocycles. The van der Waals surface area contributed by atoms with Crippen LogP contribution in [-0.4, -0.2) is 33.1 Å². The largest absolute Gasteiger partial charge is 0.379 e. The molecule has 20 heavy (non-hydrogen) atoms. The van der Waals surface area contributed by atoms with E-state index in [0.717, 1.165) is 6.42 Å². The average Bonchev–Trinajstić information content (AvgIpc) is 2.73. The molecule has 1 heterocycles. The van der Waals surface area contributed by atoms with Crippen molar-refractivity contribution >= 4 is 25.6 Å². The van der Waals surface area contributed by atoms with E-state index in [0.29, 0.717) is 18.8 Å². The fraction of sp³-hybridized carbons (Fsp3) is 0.462. The minimum absolute atomic E-state index is 0.0721. The molecule has 2 rings (SSSR count). The summed E-state index contributed by atoms with van der Waals surface area (Å²) >= 11 is 0. The summed E-state index contributed by atoms with van der Waals surface area (Å²) in [5.41, 5.74) is 0.517. The van der Waals surface area contributed by atoms with Crippen molar-refractivity contribution in [1.82, 2.24) is 5.32 Å². The second-order valence-corrected chi connectivity index (χ2v) is 7.86. The summed E-state index contributed by atoms with van der Waals surface area (Å²) in [6.45, 7) is 4.66. The van der Waals surface area contributed by atoms with Crippen LogP contribution in [0, 0.1) is 6.92 Å². The monoisotopic (exact) mass is 317 g/mol. The highest BCUT2D eigenvalue weighted by Gasteiger charge is 2.31. The smallest absolute Gasteiger partial charge is 0.261 e. The molecule has 110 valence electrons. The Balaban J connectivity index is 2.28. The summed E-state index contributed by atoms with van der Waals surface area (Å²) in [6, 6.07) is 4.34. The average molecular weight is 318 g/mol. The first kappa shape index (κ1) is 15.3. The van der Waals surface area contributed by atoms with Crippen LogP contribution in [0.1, 0.15) is 29.3 Å². The van der Waals surface area contributed by atoms with Gasteiger partial charge in [0, 0.05) is 22.9 Å². The zero-order valence-corrected chi connectivity index (χ0v) is 12.8. The number of hydrogen-bond acceptors (Lipinski definition) is 4. The van der Waals surface area contributed by atoms with Crippen LogP contribution in [0.3, 0.4) is 0 Å². The molecule has 0 aliphatic carbocycles. The molecule has 1 fully saturated rings. The fourth-order valence-electron chi connectivity index (χ4n) is 2.13. The summed E-state index contributed by atoms with van der Waals surface area (Å²) < 4.78 is 28.0. The van der Waals surface area contributed by atoms with Gasteiger partial charge < -0.3 is 10.1 Å². The van der Waals surface area contributed by atoms with E-state index in [1.54, 1.807) is 13.0 Å². The van der Waals surface area contributed by atoms with Crippen LogP contribution in [-0.2, 0) is 13.8 Å². The van der Waals surface area contributed by atoms with Crippen molar-refractivity contribution < 1.29 is 17.9 Å². The summed E-state index contributed by atoms with van der Waals surface area (Å²) in [4.78, 5) is 12.2. The summed E-state index contributed by atoms with van der Waals surface area (Å²) in [5.74, 6) is -0.330. The second kappa shape index (κ2) is 5.35. The lowest BCUT2D eigenvalue weighted by Gasteiger charge is -2.23. The third-order valence-corrected chi connectivity index (χ3v) is 4.56. The summed E-state index contributed by atoms with van der Waals surface area (Å²) in [6.07, 6.45) is 0.727. The van der Waals surface area contributed by atoms with E-state index in [4.69, 9.17) is 15.4 Å². The van der Waals surface area contributed by atoms with Crippen molar-refractivity contribution in [3.05, 3.63) is 29.3 Å². The number of benzene rings is 1. The maximum Gasteiger partial charge on any atom is 0.261 e. The zero-order chi connectivity index (χ0) is 15.0. The van der Waals surface area contributed by atoms with Gasteiger partial charge in [-0.25, -0.2) is 8.42 Å². The minimum atomic E-state index is -3.86. The molecule has 0 aromatic heterocycles. The highest BCUT2D eigenvalue weighted by Crippen LogP contribution is 2.21. The number of carbonyl (C=O) groups excluding carboxylic acids is 1. The first-order valence-electron chi connectivity index (χ1n) is 6.16. The molecule has 0 radical (unpaired) electrons. The molecule has 1 unspecified atom stereocenters. The Morgan fingerprint density at radius 1 is 1.40 bits per heavy atom. The number of hydrogen-bond donors (Lipinski definition) is 1.